The molecule has 0 spiro atoms. The van der Waals surface area contributed by atoms with Gasteiger partial charge in [0.1, 0.15) is 0 Å². The highest BCUT2D eigenvalue weighted by Crippen LogP contribution is 2.64. The quantitative estimate of drug-likeness (QED) is 0.309. The molecule has 1 saturated carbocycles. The molecule has 3 aromatic carbocycles. The minimum Gasteiger partial charge on any atom is -0.504 e. The molecule has 9 nitrogen and oxygen atoms in total. The topological polar surface area (TPSA) is 116 Å². The van der Waals surface area contributed by atoms with Gasteiger partial charge in [0.2, 0.25) is 11.8 Å². The van der Waals surface area contributed by atoms with Crippen LogP contribution in [-0.2, 0) is 24.6 Å². The number of imide groups is 2. The van der Waals surface area contributed by atoms with Gasteiger partial charge in [-0.25, -0.2) is 0 Å². The number of ether oxygens (including phenoxy) is 1. The fourth-order valence-electron chi connectivity index (χ4n) is 8.37. The summed E-state index contributed by atoms with van der Waals surface area (Å²) < 4.78 is 5.50. The summed E-state index contributed by atoms with van der Waals surface area (Å²) in [7, 11) is 1.46. The Labute approximate surface area is 261 Å². The number of amides is 4. The molecule has 3 aromatic rings. The van der Waals surface area contributed by atoms with Crippen molar-refractivity contribution in [2.24, 2.45) is 23.7 Å². The fourth-order valence-corrected chi connectivity index (χ4v) is 8.37. The first-order chi connectivity index (χ1) is 21.7. The van der Waals surface area contributed by atoms with Gasteiger partial charge in [0.25, 0.3) is 11.8 Å². The molecule has 7 rings (SSSR count). The highest BCUT2D eigenvalue weighted by Gasteiger charge is 2.70. The molecule has 45 heavy (non-hydrogen) atoms. The number of rotatable bonds is 6. The van der Waals surface area contributed by atoms with Crippen LogP contribution < -0.4 is 10.2 Å². The van der Waals surface area contributed by atoms with Crippen LogP contribution in [0.1, 0.15) is 42.4 Å². The van der Waals surface area contributed by atoms with Gasteiger partial charge in [0.05, 0.1) is 36.0 Å². The fraction of sp³-hybridized carbons (Fsp3) is 0.333. The molecule has 2 N–H and O–H groups in total. The predicted octanol–water partition coefficient (Wildman–Crippen LogP) is 4.71. The number of likely N-dealkylation sites (tertiary alicyclic amines) is 1. The van der Waals surface area contributed by atoms with Crippen molar-refractivity contribution in [1.29, 1.82) is 0 Å². The van der Waals surface area contributed by atoms with Crippen molar-refractivity contribution in [2.45, 2.75) is 38.0 Å². The summed E-state index contributed by atoms with van der Waals surface area (Å²) in [4.78, 5) is 58.1. The van der Waals surface area contributed by atoms with Crippen molar-refractivity contribution in [2.75, 3.05) is 19.1 Å². The van der Waals surface area contributed by atoms with E-state index in [0.29, 0.717) is 23.2 Å². The number of phenolic OH excluding ortho intramolecular Hbond substituents is 1. The summed E-state index contributed by atoms with van der Waals surface area (Å²) in [6.45, 7) is 4.04. The molecule has 0 unspecified atom stereocenters. The number of hydrogen-bond acceptors (Lipinski definition) is 7. The number of allylic oxidation sites excluding steroid dienone is 2. The Hall–Kier alpha value is -4.92. The second kappa shape index (κ2) is 10.6. The van der Waals surface area contributed by atoms with E-state index in [1.807, 2.05) is 67.6 Å². The first kappa shape index (κ1) is 28.8. The van der Waals surface area contributed by atoms with E-state index in [1.165, 1.54) is 18.1 Å². The average molecular weight is 606 g/mol. The third-order valence-electron chi connectivity index (χ3n) is 10.3. The van der Waals surface area contributed by atoms with Gasteiger partial charge in [0, 0.05) is 12.5 Å². The normalized spacial score (nSPS) is 28.9. The van der Waals surface area contributed by atoms with E-state index in [4.69, 9.17) is 4.74 Å². The molecule has 0 bridgehead atoms. The van der Waals surface area contributed by atoms with Crippen LogP contribution in [0.2, 0.25) is 0 Å². The Morgan fingerprint density at radius 2 is 1.67 bits per heavy atom. The molecule has 0 aromatic heterocycles. The van der Waals surface area contributed by atoms with Gasteiger partial charge in [-0.15, -0.1) is 0 Å². The molecule has 230 valence electrons. The largest absolute Gasteiger partial charge is 0.504 e. The molecular formula is C36H35N3O6. The van der Waals surface area contributed by atoms with Gasteiger partial charge in [-0.05, 0) is 68.0 Å². The third kappa shape index (κ3) is 4.06. The number of phenols is 1. The Balaban J connectivity index is 1.47. The molecule has 2 saturated heterocycles. The lowest BCUT2D eigenvalue weighted by Crippen LogP contribution is -2.53. The maximum Gasteiger partial charge on any atom is 0.260 e. The number of methoxy groups -OCH3 is 1. The number of fused-ring (bicyclic) bond motifs is 4. The number of nitrogens with zero attached hydrogens (tertiary/aromatic N) is 2. The van der Waals surface area contributed by atoms with Gasteiger partial charge in [-0.3, -0.25) is 29.5 Å². The minimum absolute atomic E-state index is 0.0525. The number of anilines is 1. The van der Waals surface area contributed by atoms with Crippen molar-refractivity contribution in [3.8, 4) is 11.5 Å². The summed E-state index contributed by atoms with van der Waals surface area (Å²) in [6.07, 6.45) is 2.63. The lowest BCUT2D eigenvalue weighted by Gasteiger charge is -2.50. The number of aromatic hydroxyl groups is 1. The van der Waals surface area contributed by atoms with Crippen molar-refractivity contribution >= 4 is 29.3 Å². The Bertz CT molecular complexity index is 1750. The number of carbonyl (C=O) groups is 4. The summed E-state index contributed by atoms with van der Waals surface area (Å²) in [5.74, 6) is -4.06. The van der Waals surface area contributed by atoms with E-state index in [1.54, 1.807) is 19.1 Å². The van der Waals surface area contributed by atoms with Gasteiger partial charge < -0.3 is 9.84 Å². The highest BCUT2D eigenvalue weighted by molar-refractivity contribution is 6.13. The Morgan fingerprint density at radius 1 is 0.933 bits per heavy atom. The van der Waals surface area contributed by atoms with Crippen LogP contribution in [0.3, 0.4) is 0 Å². The first-order valence-electron chi connectivity index (χ1n) is 15.4. The molecule has 6 atom stereocenters. The molecule has 0 radical (unpaired) electrons. The lowest BCUT2D eigenvalue weighted by molar-refractivity contribution is -0.141. The number of hydrazine groups is 1. The summed E-state index contributed by atoms with van der Waals surface area (Å²) in [5.41, 5.74) is 5.59. The van der Waals surface area contributed by atoms with E-state index in [2.05, 4.69) is 5.43 Å². The standard InChI is InChI=1S/C36H35N3O6/c1-4-38-32(41)25-16-15-24-26(30(25)34(38)43)19-27-33(42)39(37-23-13-10-20(2)11-14-23)35(44)36(27,22-8-6-5-7-9-22)31(24)21-12-17-28(40)29(18-21)45-3/h5-15,17-18,25-27,30-31,37,40H,4,16,19H2,1-3H3/t25-,26+,27-,30-,31-,36+/m0/s1. The number of benzene rings is 3. The average Bonchev–Trinajstić information content (AvgIpc) is 3.43. The highest BCUT2D eigenvalue weighted by atomic mass is 16.5. The zero-order valence-corrected chi connectivity index (χ0v) is 25.4. The SMILES string of the molecule is CCN1C(=O)[C@H]2[C@H](CC=C3[C@H]2C[C@H]2C(=O)N(Nc4ccc(C)cc4)C(=O)[C@@]2(c2ccccc2)[C@H]3c2ccc(O)c(OC)c2)C1=O. The minimum atomic E-state index is -1.37. The Kier molecular flexibility index (Phi) is 6.80. The van der Waals surface area contributed by atoms with E-state index >= 15 is 4.79 Å². The maximum atomic E-state index is 15.1. The van der Waals surface area contributed by atoms with Crippen molar-refractivity contribution in [3.63, 3.8) is 0 Å². The zero-order valence-electron chi connectivity index (χ0n) is 25.4. The summed E-state index contributed by atoms with van der Waals surface area (Å²) >= 11 is 0. The van der Waals surface area contributed by atoms with Crippen LogP contribution in [-0.4, -0.2) is 52.3 Å². The maximum absolute atomic E-state index is 15.1. The summed E-state index contributed by atoms with van der Waals surface area (Å²) in [5, 5.41) is 11.7. The molecule has 4 amide bonds. The van der Waals surface area contributed by atoms with E-state index in [-0.39, 0.29) is 42.2 Å². The van der Waals surface area contributed by atoms with Crippen molar-refractivity contribution in [3.05, 3.63) is 101 Å². The van der Waals surface area contributed by atoms with Gasteiger partial charge in [-0.1, -0.05) is 65.7 Å². The smallest absolute Gasteiger partial charge is 0.260 e. The van der Waals surface area contributed by atoms with Crippen molar-refractivity contribution < 1.29 is 29.0 Å². The molecule has 4 aliphatic rings. The second-order valence-corrected chi connectivity index (χ2v) is 12.4. The molecule has 2 aliphatic heterocycles. The second-order valence-electron chi connectivity index (χ2n) is 12.4. The van der Waals surface area contributed by atoms with Gasteiger partial charge in [-0.2, -0.15) is 5.01 Å². The van der Waals surface area contributed by atoms with Crippen LogP contribution in [0.5, 0.6) is 11.5 Å². The zero-order chi connectivity index (χ0) is 31.6. The van der Waals surface area contributed by atoms with E-state index < -0.39 is 40.9 Å². The van der Waals surface area contributed by atoms with Gasteiger partial charge >= 0.3 is 0 Å². The molecule has 2 aliphatic carbocycles. The van der Waals surface area contributed by atoms with Crippen LogP contribution in [0.4, 0.5) is 5.69 Å². The molecular weight excluding hydrogens is 570 g/mol. The number of nitrogens with one attached hydrogen (secondary N) is 1. The lowest BCUT2D eigenvalue weighted by atomic mass is 9.49. The Morgan fingerprint density at radius 3 is 2.36 bits per heavy atom. The predicted molar refractivity (Wildman–Crippen MR) is 166 cm³/mol. The molecule has 9 heteroatoms. The molecule has 3 fully saturated rings. The van der Waals surface area contributed by atoms with Crippen LogP contribution in [0, 0.1) is 30.6 Å². The van der Waals surface area contributed by atoms with E-state index in [9.17, 15) is 19.5 Å². The summed E-state index contributed by atoms with van der Waals surface area (Å²) in [6, 6.07) is 21.8. The van der Waals surface area contributed by atoms with Crippen LogP contribution >= 0.6 is 0 Å². The van der Waals surface area contributed by atoms with Crippen LogP contribution in [0.25, 0.3) is 0 Å². The number of aryl methyl sites for hydroxylation is 1. The monoisotopic (exact) mass is 605 g/mol. The van der Waals surface area contributed by atoms with Crippen LogP contribution in [0.15, 0.2) is 84.4 Å². The van der Waals surface area contributed by atoms with Crippen molar-refractivity contribution in [1.82, 2.24) is 9.91 Å². The number of carbonyl (C=O) groups excluding carboxylic acids is 4. The first-order valence-corrected chi connectivity index (χ1v) is 15.4. The third-order valence-corrected chi connectivity index (χ3v) is 10.3. The van der Waals surface area contributed by atoms with E-state index in [0.717, 1.165) is 16.1 Å². The number of hydrogen-bond donors (Lipinski definition) is 2. The van der Waals surface area contributed by atoms with Gasteiger partial charge in [0.15, 0.2) is 11.5 Å². The molecule has 2 heterocycles.